The number of nitrogens with zero attached hydrogens (tertiary/aromatic N) is 1. The fraction of sp³-hybridized carbons (Fsp3) is 0. The Balaban J connectivity index is 2.49. The van der Waals surface area contributed by atoms with E-state index in [1.165, 1.54) is 12.1 Å². The van der Waals surface area contributed by atoms with Crippen LogP contribution in [-0.4, -0.2) is 10.1 Å². The van der Waals surface area contributed by atoms with Gasteiger partial charge in [-0.2, -0.15) is 4.39 Å². The van der Waals surface area contributed by atoms with Crippen LogP contribution in [0.3, 0.4) is 0 Å². The molecule has 0 radical (unpaired) electrons. The highest BCUT2D eigenvalue weighted by Crippen LogP contribution is 2.24. The van der Waals surface area contributed by atoms with Crippen molar-refractivity contribution in [3.63, 3.8) is 0 Å². The second-order valence-corrected chi connectivity index (χ2v) is 3.83. The summed E-state index contributed by atoms with van der Waals surface area (Å²) in [5.74, 6) is -0.376. The molecule has 0 amide bonds. The molecular formula is C11H7BrFNO. The molecule has 0 aliphatic rings. The van der Waals surface area contributed by atoms with Gasteiger partial charge in [-0.15, -0.1) is 0 Å². The molecule has 0 spiro atoms. The quantitative estimate of drug-likeness (QED) is 0.804. The Labute approximate surface area is 94.5 Å². The Morgan fingerprint density at radius 1 is 1.07 bits per heavy atom. The lowest BCUT2D eigenvalue weighted by molar-refractivity contribution is 0.475. The largest absolute Gasteiger partial charge is 0.508 e. The van der Waals surface area contributed by atoms with Crippen LogP contribution in [0.1, 0.15) is 0 Å². The Hall–Kier alpha value is -1.42. The van der Waals surface area contributed by atoms with Crippen LogP contribution in [-0.2, 0) is 0 Å². The lowest BCUT2D eigenvalue weighted by atomic mass is 10.1. The number of hydrogen-bond acceptors (Lipinski definition) is 2. The third-order valence-electron chi connectivity index (χ3n) is 1.99. The van der Waals surface area contributed by atoms with Crippen molar-refractivity contribution in [2.24, 2.45) is 0 Å². The van der Waals surface area contributed by atoms with Crippen molar-refractivity contribution >= 4 is 15.9 Å². The number of aromatic hydroxyl groups is 1. The van der Waals surface area contributed by atoms with Crippen LogP contribution in [0, 0.1) is 5.95 Å². The highest BCUT2D eigenvalue weighted by atomic mass is 79.9. The Kier molecular flexibility index (Phi) is 2.68. The maximum atomic E-state index is 13.4. The average molecular weight is 268 g/mol. The first-order valence-electron chi connectivity index (χ1n) is 4.28. The molecule has 0 fully saturated rings. The van der Waals surface area contributed by atoms with Crippen LogP contribution >= 0.6 is 15.9 Å². The summed E-state index contributed by atoms with van der Waals surface area (Å²) in [6.45, 7) is 0. The molecule has 15 heavy (non-hydrogen) atoms. The number of phenolic OH excluding ortho intramolecular Hbond substituents is 1. The first kappa shape index (κ1) is 10.1. The van der Waals surface area contributed by atoms with E-state index in [1.54, 1.807) is 24.3 Å². The molecular weight excluding hydrogens is 261 g/mol. The molecule has 1 aromatic heterocycles. The van der Waals surface area contributed by atoms with Crippen molar-refractivity contribution < 1.29 is 9.50 Å². The number of phenols is 1. The summed E-state index contributed by atoms with van der Waals surface area (Å²) < 4.78 is 13.9. The fourth-order valence-electron chi connectivity index (χ4n) is 1.27. The predicted octanol–water partition coefficient (Wildman–Crippen LogP) is 3.36. The molecule has 2 nitrogen and oxygen atoms in total. The fourth-order valence-corrected chi connectivity index (χ4v) is 1.56. The molecule has 0 saturated carbocycles. The minimum atomic E-state index is -0.532. The summed E-state index contributed by atoms with van der Waals surface area (Å²) in [6.07, 6.45) is 0. The molecule has 0 saturated heterocycles. The summed E-state index contributed by atoms with van der Waals surface area (Å²) >= 11 is 3.09. The minimum absolute atomic E-state index is 0.157. The molecule has 1 N–H and O–H groups in total. The molecule has 0 bridgehead atoms. The summed E-state index contributed by atoms with van der Waals surface area (Å²) in [7, 11) is 0. The number of pyridine rings is 1. The van der Waals surface area contributed by atoms with Crippen molar-refractivity contribution in [2.75, 3.05) is 0 Å². The molecule has 0 aliphatic carbocycles. The van der Waals surface area contributed by atoms with Crippen molar-refractivity contribution in [1.82, 2.24) is 4.98 Å². The van der Waals surface area contributed by atoms with Crippen LogP contribution in [0.25, 0.3) is 11.1 Å². The zero-order chi connectivity index (χ0) is 10.8. The molecule has 0 atom stereocenters. The maximum Gasteiger partial charge on any atom is 0.221 e. The molecule has 0 aliphatic heterocycles. The van der Waals surface area contributed by atoms with E-state index in [2.05, 4.69) is 20.9 Å². The van der Waals surface area contributed by atoms with Crippen LogP contribution in [0.5, 0.6) is 5.75 Å². The van der Waals surface area contributed by atoms with E-state index in [0.29, 0.717) is 15.7 Å². The molecule has 2 rings (SSSR count). The van der Waals surface area contributed by atoms with E-state index >= 15 is 0 Å². The molecule has 4 heteroatoms. The standard InChI is InChI=1S/C11H7BrFNO/c12-10-6-5-9(11(13)14-10)7-1-3-8(15)4-2-7/h1-6,15H. The summed E-state index contributed by atoms with van der Waals surface area (Å²) in [5, 5.41) is 9.10. The van der Waals surface area contributed by atoms with Gasteiger partial charge in [0.15, 0.2) is 0 Å². The van der Waals surface area contributed by atoms with Gasteiger partial charge < -0.3 is 5.11 Å². The zero-order valence-electron chi connectivity index (χ0n) is 7.61. The molecule has 76 valence electrons. The third kappa shape index (κ3) is 2.15. The molecule has 1 aromatic carbocycles. The third-order valence-corrected chi connectivity index (χ3v) is 2.43. The minimum Gasteiger partial charge on any atom is -0.508 e. The Morgan fingerprint density at radius 2 is 1.73 bits per heavy atom. The normalized spacial score (nSPS) is 10.3. The zero-order valence-corrected chi connectivity index (χ0v) is 9.20. The highest BCUT2D eigenvalue weighted by molar-refractivity contribution is 9.10. The predicted molar refractivity (Wildman–Crippen MR) is 59.0 cm³/mol. The van der Waals surface area contributed by atoms with E-state index in [0.717, 1.165) is 0 Å². The van der Waals surface area contributed by atoms with Crippen molar-refractivity contribution in [3.05, 3.63) is 46.9 Å². The van der Waals surface area contributed by atoms with Crippen molar-refractivity contribution in [3.8, 4) is 16.9 Å². The molecule has 2 aromatic rings. The summed E-state index contributed by atoms with van der Waals surface area (Å²) in [6, 6.07) is 9.62. The van der Waals surface area contributed by atoms with Gasteiger partial charge in [0.25, 0.3) is 0 Å². The van der Waals surface area contributed by atoms with E-state index in [9.17, 15) is 4.39 Å². The van der Waals surface area contributed by atoms with Gasteiger partial charge in [0, 0.05) is 5.56 Å². The Morgan fingerprint density at radius 3 is 2.33 bits per heavy atom. The topological polar surface area (TPSA) is 33.1 Å². The number of halogens is 2. The van der Waals surface area contributed by atoms with Crippen molar-refractivity contribution in [1.29, 1.82) is 0 Å². The van der Waals surface area contributed by atoms with Gasteiger partial charge in [-0.3, -0.25) is 0 Å². The van der Waals surface area contributed by atoms with Crippen LogP contribution < -0.4 is 0 Å². The maximum absolute atomic E-state index is 13.4. The van der Waals surface area contributed by atoms with Crippen LogP contribution in [0.2, 0.25) is 0 Å². The number of hydrogen-bond donors (Lipinski definition) is 1. The average Bonchev–Trinajstić information content (AvgIpc) is 2.20. The van der Waals surface area contributed by atoms with Gasteiger partial charge in [-0.05, 0) is 45.8 Å². The number of aromatic nitrogens is 1. The van der Waals surface area contributed by atoms with E-state index in [4.69, 9.17) is 5.11 Å². The van der Waals surface area contributed by atoms with Gasteiger partial charge >= 0.3 is 0 Å². The molecule has 0 unspecified atom stereocenters. The lowest BCUT2D eigenvalue weighted by Crippen LogP contribution is -1.88. The van der Waals surface area contributed by atoms with E-state index in [-0.39, 0.29) is 5.75 Å². The van der Waals surface area contributed by atoms with Gasteiger partial charge in [-0.1, -0.05) is 12.1 Å². The highest BCUT2D eigenvalue weighted by Gasteiger charge is 2.06. The Bertz CT molecular complexity index is 484. The van der Waals surface area contributed by atoms with E-state index in [1.807, 2.05) is 0 Å². The first-order chi connectivity index (χ1) is 7.16. The monoisotopic (exact) mass is 267 g/mol. The first-order valence-corrected chi connectivity index (χ1v) is 5.07. The number of rotatable bonds is 1. The molecule has 1 heterocycles. The van der Waals surface area contributed by atoms with Crippen molar-refractivity contribution in [2.45, 2.75) is 0 Å². The van der Waals surface area contributed by atoms with E-state index < -0.39 is 5.95 Å². The SMILES string of the molecule is Oc1ccc(-c2ccc(Br)nc2F)cc1. The van der Waals surface area contributed by atoms with Gasteiger partial charge in [0.2, 0.25) is 5.95 Å². The van der Waals surface area contributed by atoms with Crippen LogP contribution in [0.4, 0.5) is 4.39 Å². The lowest BCUT2D eigenvalue weighted by Gasteiger charge is -2.02. The second kappa shape index (κ2) is 3.98. The smallest absolute Gasteiger partial charge is 0.221 e. The second-order valence-electron chi connectivity index (χ2n) is 3.02. The summed E-state index contributed by atoms with van der Waals surface area (Å²) in [4.78, 5) is 3.66. The number of benzene rings is 1. The van der Waals surface area contributed by atoms with Gasteiger partial charge in [-0.25, -0.2) is 4.98 Å². The van der Waals surface area contributed by atoms with Crippen LogP contribution in [0.15, 0.2) is 41.0 Å². The summed E-state index contributed by atoms with van der Waals surface area (Å²) in [5.41, 5.74) is 1.10. The van der Waals surface area contributed by atoms with Gasteiger partial charge in [0.05, 0.1) is 0 Å². The van der Waals surface area contributed by atoms with Gasteiger partial charge in [0.1, 0.15) is 10.4 Å².